The first kappa shape index (κ1) is 14.8. The first-order valence-electron chi connectivity index (χ1n) is 5.88. The number of nitrogens with two attached hydrogens (primary N) is 1. The van der Waals surface area contributed by atoms with E-state index in [0.29, 0.717) is 5.69 Å². The standard InChI is InChI=1S/C12H12F3N5O/c1-20-7(4-5-18-20)6-17-11-8(10(16)21)2-3-9(19-11)12(13,14)15/h2-5H,6H2,1H3,(H2,16,21)(H,17,19). The highest BCUT2D eigenvalue weighted by atomic mass is 19.4. The Morgan fingerprint density at radius 1 is 1.38 bits per heavy atom. The van der Waals surface area contributed by atoms with E-state index in [0.717, 1.165) is 12.1 Å². The number of nitrogens with zero attached hydrogens (tertiary/aromatic N) is 3. The number of carbonyl (C=O) groups excluding carboxylic acids is 1. The topological polar surface area (TPSA) is 85.8 Å². The van der Waals surface area contributed by atoms with E-state index in [2.05, 4.69) is 15.4 Å². The maximum atomic E-state index is 12.7. The molecule has 2 rings (SSSR count). The fraction of sp³-hybridized carbons (Fsp3) is 0.250. The molecule has 3 N–H and O–H groups in total. The van der Waals surface area contributed by atoms with Crippen LogP contribution >= 0.6 is 0 Å². The zero-order valence-corrected chi connectivity index (χ0v) is 11.0. The van der Waals surface area contributed by atoms with Crippen LogP contribution in [-0.2, 0) is 19.8 Å². The summed E-state index contributed by atoms with van der Waals surface area (Å²) in [7, 11) is 1.69. The van der Waals surface area contributed by atoms with Crippen LogP contribution in [0.4, 0.5) is 19.0 Å². The van der Waals surface area contributed by atoms with Crippen molar-refractivity contribution >= 4 is 11.7 Å². The van der Waals surface area contributed by atoms with Crippen LogP contribution < -0.4 is 11.1 Å². The summed E-state index contributed by atoms with van der Waals surface area (Å²) in [5.41, 5.74) is 4.64. The van der Waals surface area contributed by atoms with Gasteiger partial charge in [-0.05, 0) is 18.2 Å². The Bertz CT molecular complexity index is 665. The minimum atomic E-state index is -4.60. The largest absolute Gasteiger partial charge is 0.433 e. The van der Waals surface area contributed by atoms with Gasteiger partial charge in [0.15, 0.2) is 0 Å². The van der Waals surface area contributed by atoms with Crippen LogP contribution in [0.2, 0.25) is 0 Å². The van der Waals surface area contributed by atoms with E-state index in [9.17, 15) is 18.0 Å². The molecular formula is C12H12F3N5O. The second-order valence-corrected chi connectivity index (χ2v) is 4.25. The summed E-state index contributed by atoms with van der Waals surface area (Å²) in [5.74, 6) is -1.07. The Morgan fingerprint density at radius 3 is 2.62 bits per heavy atom. The first-order chi connectivity index (χ1) is 9.79. The number of anilines is 1. The smallest absolute Gasteiger partial charge is 0.365 e. The molecule has 0 aliphatic rings. The molecule has 6 nitrogen and oxygen atoms in total. The molecule has 0 spiro atoms. The summed E-state index contributed by atoms with van der Waals surface area (Å²) in [6, 6.07) is 3.41. The van der Waals surface area contributed by atoms with E-state index < -0.39 is 17.8 Å². The number of nitrogens with one attached hydrogen (secondary N) is 1. The normalized spacial score (nSPS) is 11.4. The molecule has 21 heavy (non-hydrogen) atoms. The van der Waals surface area contributed by atoms with Gasteiger partial charge in [-0.3, -0.25) is 9.48 Å². The summed E-state index contributed by atoms with van der Waals surface area (Å²) in [6.45, 7) is 0.158. The molecule has 0 saturated carbocycles. The van der Waals surface area contributed by atoms with Gasteiger partial charge in [-0.15, -0.1) is 0 Å². The zero-order valence-electron chi connectivity index (χ0n) is 11.0. The van der Waals surface area contributed by atoms with Crippen molar-refractivity contribution in [3.63, 3.8) is 0 Å². The minimum Gasteiger partial charge on any atom is -0.365 e. The summed E-state index contributed by atoms with van der Waals surface area (Å²) in [5, 5.41) is 6.61. The van der Waals surface area contributed by atoms with Crippen LogP contribution in [0.25, 0.3) is 0 Å². The number of halogens is 3. The van der Waals surface area contributed by atoms with E-state index in [1.807, 2.05) is 0 Å². The molecule has 0 saturated heterocycles. The van der Waals surface area contributed by atoms with Crippen molar-refractivity contribution in [1.29, 1.82) is 0 Å². The van der Waals surface area contributed by atoms with E-state index in [1.54, 1.807) is 24.0 Å². The summed E-state index contributed by atoms with van der Waals surface area (Å²) >= 11 is 0. The molecule has 1 amide bonds. The number of primary amides is 1. The van der Waals surface area contributed by atoms with Crippen molar-refractivity contribution < 1.29 is 18.0 Å². The predicted molar refractivity (Wildman–Crippen MR) is 68.3 cm³/mol. The van der Waals surface area contributed by atoms with Crippen molar-refractivity contribution in [3.8, 4) is 0 Å². The monoisotopic (exact) mass is 299 g/mol. The Morgan fingerprint density at radius 2 is 2.10 bits per heavy atom. The van der Waals surface area contributed by atoms with Crippen LogP contribution in [0, 0.1) is 0 Å². The highest BCUT2D eigenvalue weighted by Gasteiger charge is 2.33. The number of aromatic nitrogens is 3. The van der Waals surface area contributed by atoms with Gasteiger partial charge in [0.25, 0.3) is 5.91 Å². The number of pyridine rings is 1. The molecular weight excluding hydrogens is 287 g/mol. The molecule has 0 unspecified atom stereocenters. The molecule has 0 aromatic carbocycles. The lowest BCUT2D eigenvalue weighted by Gasteiger charge is -2.12. The lowest BCUT2D eigenvalue weighted by molar-refractivity contribution is -0.141. The van der Waals surface area contributed by atoms with Crippen molar-refractivity contribution in [1.82, 2.24) is 14.8 Å². The van der Waals surface area contributed by atoms with Crippen molar-refractivity contribution in [2.45, 2.75) is 12.7 Å². The zero-order chi connectivity index (χ0) is 15.6. The number of aryl methyl sites for hydroxylation is 1. The number of rotatable bonds is 4. The van der Waals surface area contributed by atoms with Crippen molar-refractivity contribution in [2.24, 2.45) is 12.8 Å². The predicted octanol–water partition coefficient (Wildman–Crippen LogP) is 1.54. The van der Waals surface area contributed by atoms with E-state index in [1.165, 1.54) is 0 Å². The lowest BCUT2D eigenvalue weighted by Crippen LogP contribution is -2.18. The number of alkyl halides is 3. The van der Waals surface area contributed by atoms with Gasteiger partial charge in [0.2, 0.25) is 0 Å². The third-order valence-corrected chi connectivity index (χ3v) is 2.81. The fourth-order valence-electron chi connectivity index (χ4n) is 1.70. The van der Waals surface area contributed by atoms with Gasteiger partial charge in [-0.2, -0.15) is 18.3 Å². The first-order valence-corrected chi connectivity index (χ1v) is 5.88. The van der Waals surface area contributed by atoms with Crippen LogP contribution in [0.1, 0.15) is 21.7 Å². The quantitative estimate of drug-likeness (QED) is 0.896. The Labute approximate surface area is 117 Å². The highest BCUT2D eigenvalue weighted by molar-refractivity contribution is 5.97. The number of hydrogen-bond acceptors (Lipinski definition) is 4. The number of hydrogen-bond donors (Lipinski definition) is 2. The van der Waals surface area contributed by atoms with E-state index >= 15 is 0 Å². The highest BCUT2D eigenvalue weighted by Crippen LogP contribution is 2.29. The molecule has 0 radical (unpaired) electrons. The maximum absolute atomic E-state index is 12.7. The van der Waals surface area contributed by atoms with Crippen LogP contribution in [0.5, 0.6) is 0 Å². The third-order valence-electron chi connectivity index (χ3n) is 2.81. The summed E-state index contributed by atoms with van der Waals surface area (Å²) in [4.78, 5) is 14.7. The number of amides is 1. The molecule has 0 atom stereocenters. The maximum Gasteiger partial charge on any atom is 0.433 e. The number of carbonyl (C=O) groups is 1. The molecule has 2 aromatic rings. The average molecular weight is 299 g/mol. The summed E-state index contributed by atoms with van der Waals surface area (Å²) < 4.78 is 39.5. The second-order valence-electron chi connectivity index (χ2n) is 4.25. The van der Waals surface area contributed by atoms with Gasteiger partial charge in [0.05, 0.1) is 17.8 Å². The van der Waals surface area contributed by atoms with Gasteiger partial charge in [0, 0.05) is 13.2 Å². The molecule has 0 fully saturated rings. The molecule has 0 aliphatic heterocycles. The average Bonchev–Trinajstić information content (AvgIpc) is 2.80. The molecule has 0 aliphatic carbocycles. The Balaban J connectivity index is 2.31. The second kappa shape index (κ2) is 5.43. The molecule has 2 heterocycles. The van der Waals surface area contributed by atoms with E-state index in [-0.39, 0.29) is 17.9 Å². The van der Waals surface area contributed by atoms with Gasteiger partial charge < -0.3 is 11.1 Å². The van der Waals surface area contributed by atoms with Gasteiger partial charge >= 0.3 is 6.18 Å². The molecule has 2 aromatic heterocycles. The molecule has 9 heteroatoms. The van der Waals surface area contributed by atoms with Crippen molar-refractivity contribution in [3.05, 3.63) is 41.3 Å². The van der Waals surface area contributed by atoms with Crippen molar-refractivity contribution in [2.75, 3.05) is 5.32 Å². The van der Waals surface area contributed by atoms with Crippen LogP contribution in [0.15, 0.2) is 24.4 Å². The lowest BCUT2D eigenvalue weighted by atomic mass is 10.2. The molecule has 112 valence electrons. The summed E-state index contributed by atoms with van der Waals surface area (Å²) in [6.07, 6.45) is -3.05. The SMILES string of the molecule is Cn1nccc1CNc1nc(C(F)(F)F)ccc1C(N)=O. The van der Waals surface area contributed by atoms with Gasteiger partial charge in [0.1, 0.15) is 11.5 Å². The van der Waals surface area contributed by atoms with Gasteiger partial charge in [-0.1, -0.05) is 0 Å². The Hall–Kier alpha value is -2.58. The third kappa shape index (κ3) is 3.30. The van der Waals surface area contributed by atoms with Gasteiger partial charge in [-0.25, -0.2) is 4.98 Å². The van der Waals surface area contributed by atoms with Crippen LogP contribution in [-0.4, -0.2) is 20.7 Å². The Kier molecular flexibility index (Phi) is 3.83. The molecule has 0 bridgehead atoms. The minimum absolute atomic E-state index is 0.106. The van der Waals surface area contributed by atoms with E-state index in [4.69, 9.17) is 5.73 Å². The van der Waals surface area contributed by atoms with Crippen LogP contribution in [0.3, 0.4) is 0 Å². The fourth-order valence-corrected chi connectivity index (χ4v) is 1.70.